The highest BCUT2D eigenvalue weighted by Gasteiger charge is 2.06. The van der Waals surface area contributed by atoms with Gasteiger partial charge in [0, 0.05) is 18.4 Å². The summed E-state index contributed by atoms with van der Waals surface area (Å²) in [7, 11) is 0. The Kier molecular flexibility index (Phi) is 5.73. The number of nitrogens with zero attached hydrogens (tertiary/aromatic N) is 1. The fourth-order valence-electron chi connectivity index (χ4n) is 1.47. The van der Waals surface area contributed by atoms with Gasteiger partial charge in [-0.1, -0.05) is 13.0 Å². The van der Waals surface area contributed by atoms with Gasteiger partial charge in [0.2, 0.25) is 0 Å². The van der Waals surface area contributed by atoms with E-state index in [-0.39, 0.29) is 0 Å². The smallest absolute Gasteiger partial charge is 0.0315 e. The summed E-state index contributed by atoms with van der Waals surface area (Å²) in [5, 5.41) is 3.53. The third-order valence-electron chi connectivity index (χ3n) is 2.41. The molecule has 1 aromatic heterocycles. The van der Waals surface area contributed by atoms with Crippen molar-refractivity contribution in [2.45, 2.75) is 19.9 Å². The van der Waals surface area contributed by atoms with Crippen LogP contribution in [0.15, 0.2) is 24.5 Å². The molecule has 0 amide bonds. The van der Waals surface area contributed by atoms with E-state index in [0.29, 0.717) is 6.04 Å². The zero-order valence-corrected chi connectivity index (χ0v) is 10.6. The normalized spacial score (nSPS) is 14.9. The molecule has 0 aliphatic rings. The molecule has 0 aliphatic carbocycles. The van der Waals surface area contributed by atoms with E-state index < -0.39 is 0 Å². The predicted molar refractivity (Wildman–Crippen MR) is 68.2 cm³/mol. The van der Waals surface area contributed by atoms with Crippen LogP contribution in [-0.2, 0) is 0 Å². The fraction of sp³-hybridized carbons (Fsp3) is 0.583. The number of thioether (sulfide) groups is 1. The van der Waals surface area contributed by atoms with Gasteiger partial charge in [0.15, 0.2) is 0 Å². The molecule has 0 fully saturated rings. The molecule has 2 nitrogen and oxygen atoms in total. The van der Waals surface area contributed by atoms with E-state index in [2.05, 4.69) is 36.5 Å². The first-order valence-corrected chi connectivity index (χ1v) is 6.75. The molecule has 15 heavy (non-hydrogen) atoms. The van der Waals surface area contributed by atoms with Crippen molar-refractivity contribution in [2.75, 3.05) is 18.6 Å². The van der Waals surface area contributed by atoms with E-state index in [1.807, 2.05) is 30.2 Å². The average molecular weight is 224 g/mol. The maximum absolute atomic E-state index is 4.13. The van der Waals surface area contributed by atoms with Crippen molar-refractivity contribution in [3.05, 3.63) is 30.1 Å². The second kappa shape index (κ2) is 6.85. The fourth-order valence-corrected chi connectivity index (χ4v) is 2.16. The minimum Gasteiger partial charge on any atom is -0.310 e. The lowest BCUT2D eigenvalue weighted by Crippen LogP contribution is -2.25. The van der Waals surface area contributed by atoms with Crippen LogP contribution in [0.4, 0.5) is 0 Å². The maximum atomic E-state index is 4.13. The van der Waals surface area contributed by atoms with Gasteiger partial charge in [0.05, 0.1) is 0 Å². The van der Waals surface area contributed by atoms with Gasteiger partial charge in [-0.2, -0.15) is 11.8 Å². The first kappa shape index (κ1) is 12.5. The van der Waals surface area contributed by atoms with Crippen molar-refractivity contribution in [1.82, 2.24) is 10.3 Å². The molecule has 2 unspecified atom stereocenters. The zero-order valence-electron chi connectivity index (χ0n) is 9.73. The monoisotopic (exact) mass is 224 g/mol. The first-order valence-electron chi connectivity index (χ1n) is 5.36. The Balaban J connectivity index is 2.33. The van der Waals surface area contributed by atoms with Crippen LogP contribution in [0.5, 0.6) is 0 Å². The topological polar surface area (TPSA) is 24.9 Å². The van der Waals surface area contributed by atoms with Crippen molar-refractivity contribution >= 4 is 11.8 Å². The van der Waals surface area contributed by atoms with E-state index >= 15 is 0 Å². The van der Waals surface area contributed by atoms with Crippen LogP contribution < -0.4 is 5.32 Å². The Bertz CT molecular complexity index is 264. The summed E-state index contributed by atoms with van der Waals surface area (Å²) in [4.78, 5) is 4.13. The van der Waals surface area contributed by atoms with E-state index in [4.69, 9.17) is 0 Å². The molecule has 0 bridgehead atoms. The Morgan fingerprint density at radius 3 is 2.87 bits per heavy atom. The number of nitrogens with one attached hydrogen (secondary N) is 1. The highest BCUT2D eigenvalue weighted by Crippen LogP contribution is 2.11. The van der Waals surface area contributed by atoms with Gasteiger partial charge in [0.25, 0.3) is 0 Å². The average Bonchev–Trinajstić information content (AvgIpc) is 2.27. The highest BCUT2D eigenvalue weighted by atomic mass is 32.2. The van der Waals surface area contributed by atoms with Gasteiger partial charge in [-0.05, 0) is 43.0 Å². The van der Waals surface area contributed by atoms with Crippen LogP contribution in [0, 0.1) is 5.92 Å². The molecular weight excluding hydrogens is 204 g/mol. The van der Waals surface area contributed by atoms with Gasteiger partial charge >= 0.3 is 0 Å². The predicted octanol–water partition coefficient (Wildman–Crippen LogP) is 2.73. The number of rotatable bonds is 6. The largest absolute Gasteiger partial charge is 0.310 e. The molecule has 84 valence electrons. The second-order valence-corrected chi connectivity index (χ2v) is 4.89. The number of aromatic nitrogens is 1. The quantitative estimate of drug-likeness (QED) is 0.804. The third-order valence-corrected chi connectivity index (χ3v) is 3.31. The van der Waals surface area contributed by atoms with E-state index in [9.17, 15) is 0 Å². The summed E-state index contributed by atoms with van der Waals surface area (Å²) in [5.41, 5.74) is 1.26. The van der Waals surface area contributed by atoms with Crippen LogP contribution in [-0.4, -0.2) is 23.5 Å². The summed E-state index contributed by atoms with van der Waals surface area (Å²) in [6.45, 7) is 5.53. The van der Waals surface area contributed by atoms with Crippen molar-refractivity contribution in [3.63, 3.8) is 0 Å². The molecule has 0 spiro atoms. The van der Waals surface area contributed by atoms with E-state index in [0.717, 1.165) is 12.5 Å². The van der Waals surface area contributed by atoms with Crippen LogP contribution >= 0.6 is 11.8 Å². The third kappa shape index (κ3) is 4.67. The Morgan fingerprint density at radius 2 is 2.27 bits per heavy atom. The lowest BCUT2D eigenvalue weighted by molar-refractivity contribution is 0.500. The summed E-state index contributed by atoms with van der Waals surface area (Å²) < 4.78 is 0. The lowest BCUT2D eigenvalue weighted by atomic mass is 10.1. The van der Waals surface area contributed by atoms with Gasteiger partial charge in [-0.25, -0.2) is 0 Å². The molecule has 1 aromatic rings. The lowest BCUT2D eigenvalue weighted by Gasteiger charge is -2.17. The SMILES string of the molecule is CSCC(C)CNC(C)c1cccnc1. The number of hydrogen-bond donors (Lipinski definition) is 1. The molecular formula is C12H20N2S. The Morgan fingerprint density at radius 1 is 1.47 bits per heavy atom. The molecule has 1 rings (SSSR count). The number of pyridine rings is 1. The van der Waals surface area contributed by atoms with Gasteiger partial charge in [-0.3, -0.25) is 4.98 Å². The van der Waals surface area contributed by atoms with Gasteiger partial charge in [0.1, 0.15) is 0 Å². The van der Waals surface area contributed by atoms with Crippen LogP contribution in [0.2, 0.25) is 0 Å². The minimum atomic E-state index is 0.392. The molecule has 0 aliphatic heterocycles. The van der Waals surface area contributed by atoms with Crippen LogP contribution in [0.3, 0.4) is 0 Å². The van der Waals surface area contributed by atoms with Crippen LogP contribution in [0.1, 0.15) is 25.5 Å². The molecule has 0 saturated heterocycles. The van der Waals surface area contributed by atoms with Crippen molar-refractivity contribution in [3.8, 4) is 0 Å². The maximum Gasteiger partial charge on any atom is 0.0315 e. The minimum absolute atomic E-state index is 0.392. The van der Waals surface area contributed by atoms with Gasteiger partial charge < -0.3 is 5.32 Å². The summed E-state index contributed by atoms with van der Waals surface area (Å²) >= 11 is 1.90. The molecule has 2 atom stereocenters. The second-order valence-electron chi connectivity index (χ2n) is 3.98. The van der Waals surface area contributed by atoms with E-state index in [1.165, 1.54) is 11.3 Å². The molecule has 0 saturated carbocycles. The van der Waals surface area contributed by atoms with Crippen molar-refractivity contribution in [1.29, 1.82) is 0 Å². The molecule has 0 radical (unpaired) electrons. The van der Waals surface area contributed by atoms with Crippen LogP contribution in [0.25, 0.3) is 0 Å². The Labute approximate surface area is 96.9 Å². The molecule has 1 heterocycles. The van der Waals surface area contributed by atoms with Crippen molar-refractivity contribution < 1.29 is 0 Å². The van der Waals surface area contributed by atoms with Gasteiger partial charge in [-0.15, -0.1) is 0 Å². The first-order chi connectivity index (χ1) is 7.24. The molecule has 3 heteroatoms. The summed E-state index contributed by atoms with van der Waals surface area (Å²) in [5.74, 6) is 1.94. The standard InChI is InChI=1S/C12H20N2S/c1-10(9-15-3)7-14-11(2)12-5-4-6-13-8-12/h4-6,8,10-11,14H,7,9H2,1-3H3. The van der Waals surface area contributed by atoms with Crippen molar-refractivity contribution in [2.24, 2.45) is 5.92 Å². The highest BCUT2D eigenvalue weighted by molar-refractivity contribution is 7.98. The Hall–Kier alpha value is -0.540. The molecule has 1 N–H and O–H groups in total. The number of hydrogen-bond acceptors (Lipinski definition) is 3. The summed E-state index contributed by atoms with van der Waals surface area (Å²) in [6, 6.07) is 4.49. The summed E-state index contributed by atoms with van der Waals surface area (Å²) in [6.07, 6.45) is 5.89. The molecule has 0 aromatic carbocycles. The van der Waals surface area contributed by atoms with E-state index in [1.54, 1.807) is 0 Å². The zero-order chi connectivity index (χ0) is 11.1.